The van der Waals surface area contributed by atoms with Crippen molar-refractivity contribution < 1.29 is 5.11 Å². The maximum absolute atomic E-state index is 9.64. The van der Waals surface area contributed by atoms with Crippen LogP contribution in [0.5, 0.6) is 0 Å². The predicted molar refractivity (Wildman–Crippen MR) is 57.0 cm³/mol. The summed E-state index contributed by atoms with van der Waals surface area (Å²) in [4.78, 5) is 0.919. The topological polar surface area (TPSA) is 20.2 Å². The maximum Gasteiger partial charge on any atom is 0.0891 e. The summed E-state index contributed by atoms with van der Waals surface area (Å²) in [7, 11) is 0. The molecule has 0 aliphatic carbocycles. The standard InChI is InChI=1S/C10H11ClOS/c1-2-3-4-5-9(12)10-6-8(11)7-13-10/h6-7,9,12H,4-5H2,1H3. The van der Waals surface area contributed by atoms with Gasteiger partial charge >= 0.3 is 0 Å². The van der Waals surface area contributed by atoms with Gasteiger partial charge in [-0.05, 0) is 19.4 Å². The van der Waals surface area contributed by atoms with E-state index in [2.05, 4.69) is 11.8 Å². The van der Waals surface area contributed by atoms with Crippen molar-refractivity contribution in [2.45, 2.75) is 25.9 Å². The number of aliphatic hydroxyl groups is 1. The highest BCUT2D eigenvalue weighted by Gasteiger charge is 2.08. The van der Waals surface area contributed by atoms with Crippen molar-refractivity contribution in [2.24, 2.45) is 0 Å². The molecule has 1 heterocycles. The first-order valence-electron chi connectivity index (χ1n) is 4.05. The largest absolute Gasteiger partial charge is 0.388 e. The third kappa shape index (κ3) is 3.40. The molecule has 0 aromatic carbocycles. The van der Waals surface area contributed by atoms with Crippen molar-refractivity contribution in [3.05, 3.63) is 21.3 Å². The SMILES string of the molecule is CC#CCCC(O)c1cc(Cl)cs1. The van der Waals surface area contributed by atoms with Gasteiger partial charge in [-0.3, -0.25) is 0 Å². The number of rotatable bonds is 3. The third-order valence-corrected chi connectivity index (χ3v) is 3.02. The number of halogens is 1. The summed E-state index contributed by atoms with van der Waals surface area (Å²) >= 11 is 7.22. The first-order valence-corrected chi connectivity index (χ1v) is 5.31. The summed E-state index contributed by atoms with van der Waals surface area (Å²) in [5.41, 5.74) is 0. The fourth-order valence-corrected chi connectivity index (χ4v) is 2.08. The van der Waals surface area contributed by atoms with Crippen LogP contribution in [0, 0.1) is 11.8 Å². The molecule has 0 saturated heterocycles. The zero-order valence-electron chi connectivity index (χ0n) is 7.38. The summed E-state index contributed by atoms with van der Waals surface area (Å²) in [5.74, 6) is 5.71. The monoisotopic (exact) mass is 214 g/mol. The Morgan fingerprint density at radius 2 is 2.46 bits per heavy atom. The van der Waals surface area contributed by atoms with Crippen LogP contribution in [0.2, 0.25) is 5.02 Å². The minimum Gasteiger partial charge on any atom is -0.388 e. The molecule has 1 atom stereocenters. The van der Waals surface area contributed by atoms with Gasteiger partial charge in [0.25, 0.3) is 0 Å². The van der Waals surface area contributed by atoms with Crippen LogP contribution in [0.3, 0.4) is 0 Å². The molecule has 13 heavy (non-hydrogen) atoms. The second-order valence-electron chi connectivity index (χ2n) is 2.65. The van der Waals surface area contributed by atoms with E-state index in [0.29, 0.717) is 11.4 Å². The van der Waals surface area contributed by atoms with Gasteiger partial charge in [0.05, 0.1) is 11.1 Å². The predicted octanol–water partition coefficient (Wildman–Crippen LogP) is 3.24. The van der Waals surface area contributed by atoms with Crippen LogP contribution < -0.4 is 0 Å². The lowest BCUT2D eigenvalue weighted by molar-refractivity contribution is 0.173. The van der Waals surface area contributed by atoms with Crippen LogP contribution >= 0.6 is 22.9 Å². The Hall–Kier alpha value is -0.490. The van der Waals surface area contributed by atoms with Gasteiger partial charge in [-0.25, -0.2) is 0 Å². The highest BCUT2D eigenvalue weighted by atomic mass is 35.5. The first kappa shape index (κ1) is 10.6. The van der Waals surface area contributed by atoms with Crippen molar-refractivity contribution >= 4 is 22.9 Å². The van der Waals surface area contributed by atoms with Crippen molar-refractivity contribution in [1.82, 2.24) is 0 Å². The Morgan fingerprint density at radius 3 is 3.00 bits per heavy atom. The van der Waals surface area contributed by atoms with Gasteiger partial charge in [-0.2, -0.15) is 0 Å². The average molecular weight is 215 g/mol. The highest BCUT2D eigenvalue weighted by molar-refractivity contribution is 7.10. The second-order valence-corrected chi connectivity index (χ2v) is 4.03. The quantitative estimate of drug-likeness (QED) is 0.766. The molecule has 0 radical (unpaired) electrons. The van der Waals surface area contributed by atoms with Crippen molar-refractivity contribution in [1.29, 1.82) is 0 Å². The molecule has 0 amide bonds. The number of hydrogen-bond acceptors (Lipinski definition) is 2. The molecular weight excluding hydrogens is 204 g/mol. The van der Waals surface area contributed by atoms with Gasteiger partial charge in [0.2, 0.25) is 0 Å². The summed E-state index contributed by atoms with van der Waals surface area (Å²) in [6.45, 7) is 1.80. The maximum atomic E-state index is 9.64. The molecule has 1 aromatic rings. The van der Waals surface area contributed by atoms with E-state index in [-0.39, 0.29) is 0 Å². The number of thiophene rings is 1. The number of aliphatic hydroxyl groups excluding tert-OH is 1. The van der Waals surface area contributed by atoms with E-state index in [4.69, 9.17) is 11.6 Å². The molecule has 70 valence electrons. The van der Waals surface area contributed by atoms with Gasteiger partial charge in [0.1, 0.15) is 0 Å². The lowest BCUT2D eigenvalue weighted by Crippen LogP contribution is -1.92. The minimum absolute atomic E-state index is 0.418. The lowest BCUT2D eigenvalue weighted by atomic mass is 10.2. The third-order valence-electron chi connectivity index (χ3n) is 1.64. The molecule has 0 saturated carbocycles. The molecule has 0 fully saturated rings. The summed E-state index contributed by atoms with van der Waals surface area (Å²) in [6, 6.07) is 1.80. The molecule has 0 spiro atoms. The molecule has 0 aliphatic heterocycles. The van der Waals surface area contributed by atoms with Crippen molar-refractivity contribution in [3.8, 4) is 11.8 Å². The van der Waals surface area contributed by atoms with Gasteiger partial charge in [-0.1, -0.05) is 11.6 Å². The Kier molecular flexibility index (Phi) is 4.31. The molecule has 1 unspecified atom stereocenters. The number of hydrogen-bond donors (Lipinski definition) is 1. The van der Waals surface area contributed by atoms with E-state index in [1.54, 1.807) is 13.0 Å². The first-order chi connectivity index (χ1) is 6.24. The fourth-order valence-electron chi connectivity index (χ4n) is 0.979. The Labute approximate surface area is 87.4 Å². The summed E-state index contributed by atoms with van der Waals surface area (Å²) in [5, 5.41) is 12.2. The Balaban J connectivity index is 2.47. The van der Waals surface area contributed by atoms with Gasteiger partial charge in [0.15, 0.2) is 0 Å². The molecule has 1 aromatic heterocycles. The minimum atomic E-state index is -0.418. The molecule has 3 heteroatoms. The summed E-state index contributed by atoms with van der Waals surface area (Å²) < 4.78 is 0. The van der Waals surface area contributed by atoms with E-state index in [9.17, 15) is 5.11 Å². The Morgan fingerprint density at radius 1 is 1.69 bits per heavy atom. The van der Waals surface area contributed by atoms with E-state index < -0.39 is 6.10 Å². The van der Waals surface area contributed by atoms with E-state index in [0.717, 1.165) is 11.3 Å². The molecular formula is C10H11ClOS. The van der Waals surface area contributed by atoms with Crippen LogP contribution in [-0.4, -0.2) is 5.11 Å². The fraction of sp³-hybridized carbons (Fsp3) is 0.400. The van der Waals surface area contributed by atoms with Gasteiger partial charge in [0, 0.05) is 16.7 Å². The van der Waals surface area contributed by atoms with E-state index >= 15 is 0 Å². The van der Waals surface area contributed by atoms with Gasteiger partial charge in [-0.15, -0.1) is 23.2 Å². The van der Waals surface area contributed by atoms with E-state index in [1.165, 1.54) is 11.3 Å². The van der Waals surface area contributed by atoms with Crippen LogP contribution in [0.1, 0.15) is 30.7 Å². The van der Waals surface area contributed by atoms with Crippen LogP contribution in [0.15, 0.2) is 11.4 Å². The lowest BCUT2D eigenvalue weighted by Gasteiger charge is -2.04. The average Bonchev–Trinajstić information content (AvgIpc) is 2.52. The zero-order chi connectivity index (χ0) is 9.68. The van der Waals surface area contributed by atoms with Crippen LogP contribution in [0.25, 0.3) is 0 Å². The zero-order valence-corrected chi connectivity index (χ0v) is 8.95. The smallest absolute Gasteiger partial charge is 0.0891 e. The normalized spacial score (nSPS) is 11.9. The Bertz CT molecular complexity index is 321. The van der Waals surface area contributed by atoms with E-state index in [1.807, 2.05) is 5.38 Å². The second kappa shape index (κ2) is 5.29. The molecule has 1 rings (SSSR count). The highest BCUT2D eigenvalue weighted by Crippen LogP contribution is 2.27. The summed E-state index contributed by atoms with van der Waals surface area (Å²) in [6.07, 6.45) is 0.989. The molecule has 0 aliphatic rings. The van der Waals surface area contributed by atoms with Crippen LogP contribution in [-0.2, 0) is 0 Å². The van der Waals surface area contributed by atoms with Gasteiger partial charge < -0.3 is 5.11 Å². The molecule has 0 bridgehead atoms. The van der Waals surface area contributed by atoms with Crippen molar-refractivity contribution in [2.75, 3.05) is 0 Å². The molecule has 1 nitrogen and oxygen atoms in total. The molecule has 1 N–H and O–H groups in total. The van der Waals surface area contributed by atoms with Crippen molar-refractivity contribution in [3.63, 3.8) is 0 Å². The van der Waals surface area contributed by atoms with Crippen LogP contribution in [0.4, 0.5) is 0 Å².